The topological polar surface area (TPSA) is 58.2 Å². The normalized spacial score (nSPS) is 19.5. The van der Waals surface area contributed by atoms with Gasteiger partial charge in [0.15, 0.2) is 0 Å². The van der Waals surface area contributed by atoms with Gasteiger partial charge in [-0.05, 0) is 32.9 Å². The Bertz CT molecular complexity index is 517. The summed E-state index contributed by atoms with van der Waals surface area (Å²) >= 11 is 1.48. The fourth-order valence-electron chi connectivity index (χ4n) is 2.59. The van der Waals surface area contributed by atoms with Gasteiger partial charge in [-0.25, -0.2) is 13.1 Å². The van der Waals surface area contributed by atoms with Gasteiger partial charge in [-0.3, -0.25) is 0 Å². The fourth-order valence-corrected chi connectivity index (χ4v) is 5.34. The first kappa shape index (κ1) is 15.0. The van der Waals surface area contributed by atoms with Crippen LogP contribution in [-0.4, -0.2) is 21.0 Å². The van der Waals surface area contributed by atoms with E-state index >= 15 is 0 Å². The lowest BCUT2D eigenvalue weighted by molar-refractivity contribution is 0.294. The van der Waals surface area contributed by atoms with Gasteiger partial charge in [-0.2, -0.15) is 0 Å². The Morgan fingerprint density at radius 3 is 2.63 bits per heavy atom. The van der Waals surface area contributed by atoms with Crippen molar-refractivity contribution in [3.63, 3.8) is 0 Å². The molecule has 1 aliphatic carbocycles. The molecule has 1 saturated carbocycles. The summed E-state index contributed by atoms with van der Waals surface area (Å²) in [6.07, 6.45) is 5.28. The van der Waals surface area contributed by atoms with Crippen molar-refractivity contribution in [1.82, 2.24) is 10.0 Å². The molecule has 0 aliphatic heterocycles. The molecule has 0 atom stereocenters. The Morgan fingerprint density at radius 2 is 2.00 bits per heavy atom. The summed E-state index contributed by atoms with van der Waals surface area (Å²) in [6, 6.07) is 1.76. The van der Waals surface area contributed by atoms with Crippen molar-refractivity contribution in [1.29, 1.82) is 0 Å². The monoisotopic (exact) mass is 302 g/mol. The van der Waals surface area contributed by atoms with E-state index in [1.807, 2.05) is 14.0 Å². The maximum absolute atomic E-state index is 12.4. The molecule has 0 aromatic carbocycles. The lowest BCUT2D eigenvalue weighted by Gasteiger charge is -2.33. The van der Waals surface area contributed by atoms with E-state index in [0.29, 0.717) is 11.4 Å². The van der Waals surface area contributed by atoms with E-state index in [2.05, 4.69) is 10.0 Å². The van der Waals surface area contributed by atoms with E-state index in [4.69, 9.17) is 0 Å². The Labute approximate surface area is 119 Å². The highest BCUT2D eigenvalue weighted by Gasteiger charge is 2.32. The molecule has 2 N–H and O–H groups in total. The van der Waals surface area contributed by atoms with Crippen LogP contribution < -0.4 is 10.0 Å². The molecule has 0 amide bonds. The molecule has 0 unspecified atom stereocenters. The molecule has 108 valence electrons. The van der Waals surface area contributed by atoms with E-state index in [1.54, 1.807) is 11.4 Å². The van der Waals surface area contributed by atoms with E-state index in [9.17, 15) is 8.42 Å². The van der Waals surface area contributed by atoms with Crippen LogP contribution in [0.1, 0.15) is 43.9 Å². The second kappa shape index (κ2) is 5.91. The number of sulfonamides is 1. The third-order valence-electron chi connectivity index (χ3n) is 3.63. The van der Waals surface area contributed by atoms with Crippen molar-refractivity contribution in [2.75, 3.05) is 7.05 Å². The van der Waals surface area contributed by atoms with Gasteiger partial charge in [0.2, 0.25) is 10.0 Å². The number of hydrogen-bond acceptors (Lipinski definition) is 4. The van der Waals surface area contributed by atoms with Crippen LogP contribution in [-0.2, 0) is 16.6 Å². The second-order valence-corrected chi connectivity index (χ2v) is 8.18. The van der Waals surface area contributed by atoms with Crippen LogP contribution in [0, 0.1) is 0 Å². The average Bonchev–Trinajstić information content (AvgIpc) is 2.78. The molecule has 1 aliphatic rings. The Morgan fingerprint density at radius 1 is 1.32 bits per heavy atom. The molecule has 1 aromatic heterocycles. The highest BCUT2D eigenvalue weighted by atomic mass is 32.2. The molecular formula is C13H22N2O2S2. The first-order chi connectivity index (χ1) is 8.95. The highest BCUT2D eigenvalue weighted by Crippen LogP contribution is 2.30. The van der Waals surface area contributed by atoms with E-state index in [1.165, 1.54) is 17.8 Å². The molecule has 0 spiro atoms. The minimum absolute atomic E-state index is 0.276. The maximum Gasteiger partial charge on any atom is 0.241 e. The summed E-state index contributed by atoms with van der Waals surface area (Å²) in [7, 11) is -1.53. The van der Waals surface area contributed by atoms with Gasteiger partial charge in [0, 0.05) is 22.3 Å². The molecule has 2 rings (SSSR count). The Hall–Kier alpha value is -0.430. The van der Waals surface area contributed by atoms with Crippen molar-refractivity contribution in [2.24, 2.45) is 0 Å². The van der Waals surface area contributed by atoms with Crippen LogP contribution in [0.25, 0.3) is 0 Å². The zero-order valence-electron chi connectivity index (χ0n) is 11.5. The van der Waals surface area contributed by atoms with Gasteiger partial charge < -0.3 is 5.32 Å². The minimum atomic E-state index is -3.38. The summed E-state index contributed by atoms with van der Waals surface area (Å²) in [6.45, 7) is 2.72. The molecule has 6 heteroatoms. The third-order valence-corrected chi connectivity index (χ3v) is 6.33. The zero-order valence-corrected chi connectivity index (χ0v) is 13.2. The van der Waals surface area contributed by atoms with E-state index in [0.717, 1.165) is 30.6 Å². The highest BCUT2D eigenvalue weighted by molar-refractivity contribution is 7.89. The predicted molar refractivity (Wildman–Crippen MR) is 78.9 cm³/mol. The average molecular weight is 302 g/mol. The van der Waals surface area contributed by atoms with Crippen molar-refractivity contribution >= 4 is 21.4 Å². The predicted octanol–water partition coefficient (Wildman–Crippen LogP) is 2.47. The Kier molecular flexibility index (Phi) is 4.66. The lowest BCUT2D eigenvalue weighted by atomic mass is 9.84. The van der Waals surface area contributed by atoms with Gasteiger partial charge in [-0.1, -0.05) is 19.3 Å². The van der Waals surface area contributed by atoms with Crippen LogP contribution in [0.5, 0.6) is 0 Å². The second-order valence-electron chi connectivity index (χ2n) is 5.51. The fraction of sp³-hybridized carbons (Fsp3) is 0.692. The minimum Gasteiger partial charge on any atom is -0.315 e. The van der Waals surface area contributed by atoms with Gasteiger partial charge >= 0.3 is 0 Å². The summed E-state index contributed by atoms with van der Waals surface area (Å²) in [4.78, 5) is 1.44. The third kappa shape index (κ3) is 3.78. The van der Waals surface area contributed by atoms with Crippen LogP contribution in [0.3, 0.4) is 0 Å². The first-order valence-corrected chi connectivity index (χ1v) is 9.07. The van der Waals surface area contributed by atoms with Crippen molar-refractivity contribution in [2.45, 2.75) is 56.0 Å². The number of thiophene rings is 1. The largest absolute Gasteiger partial charge is 0.315 e. The maximum atomic E-state index is 12.4. The smallest absolute Gasteiger partial charge is 0.241 e. The number of hydrogen-bond donors (Lipinski definition) is 2. The molecule has 4 nitrogen and oxygen atoms in total. The summed E-state index contributed by atoms with van der Waals surface area (Å²) < 4.78 is 27.7. The molecular weight excluding hydrogens is 280 g/mol. The van der Waals surface area contributed by atoms with Gasteiger partial charge in [0.05, 0.1) is 4.90 Å². The van der Waals surface area contributed by atoms with Crippen molar-refractivity contribution < 1.29 is 8.42 Å². The Balaban J connectivity index is 2.12. The van der Waals surface area contributed by atoms with Crippen molar-refractivity contribution in [3.05, 3.63) is 16.3 Å². The molecule has 1 aromatic rings. The van der Waals surface area contributed by atoms with Crippen LogP contribution >= 0.6 is 11.3 Å². The van der Waals surface area contributed by atoms with Gasteiger partial charge in [0.25, 0.3) is 0 Å². The summed E-state index contributed by atoms with van der Waals surface area (Å²) in [5.41, 5.74) is -0.276. The number of nitrogens with one attached hydrogen (secondary N) is 2. The molecule has 1 heterocycles. The molecule has 0 saturated heterocycles. The molecule has 0 radical (unpaired) electrons. The molecule has 19 heavy (non-hydrogen) atoms. The van der Waals surface area contributed by atoms with Crippen molar-refractivity contribution in [3.8, 4) is 0 Å². The summed E-state index contributed by atoms with van der Waals surface area (Å²) in [5.74, 6) is 0. The summed E-state index contributed by atoms with van der Waals surface area (Å²) in [5, 5.41) is 4.76. The quantitative estimate of drug-likeness (QED) is 0.878. The molecule has 1 fully saturated rings. The zero-order chi connectivity index (χ0) is 13.9. The molecule has 0 bridgehead atoms. The first-order valence-electron chi connectivity index (χ1n) is 6.71. The van der Waals surface area contributed by atoms with Crippen LogP contribution in [0.15, 0.2) is 16.3 Å². The van der Waals surface area contributed by atoms with Gasteiger partial charge in [-0.15, -0.1) is 11.3 Å². The number of rotatable bonds is 5. The van der Waals surface area contributed by atoms with Gasteiger partial charge in [0.1, 0.15) is 0 Å². The van der Waals surface area contributed by atoms with E-state index in [-0.39, 0.29) is 5.54 Å². The lowest BCUT2D eigenvalue weighted by Crippen LogP contribution is -2.46. The standard InChI is InChI=1S/C13H22N2O2S2/c1-13(6-4-3-5-7-13)15-19(16,17)12-8-11(9-14-2)18-10-12/h8,10,14-15H,3-7,9H2,1-2H3. The van der Waals surface area contributed by atoms with E-state index < -0.39 is 10.0 Å². The SMILES string of the molecule is CNCc1cc(S(=O)(=O)NC2(C)CCCCC2)cs1. The van der Waals surface area contributed by atoms with Crippen LogP contribution in [0.4, 0.5) is 0 Å². The van der Waals surface area contributed by atoms with Crippen LogP contribution in [0.2, 0.25) is 0 Å².